The Morgan fingerprint density at radius 1 is 0.263 bits per heavy atom. The fraction of sp³-hybridized carbons (Fsp3) is 0. The number of hydrogen-bond acceptors (Lipinski definition) is 0. The Morgan fingerprint density at radius 2 is 0.632 bits per heavy atom. The van der Waals surface area contributed by atoms with E-state index in [1.54, 1.807) is 4.57 Å². The number of nitrogens with zero attached hydrogens (tertiary/aromatic N) is 3. The van der Waals surface area contributed by atoms with Crippen LogP contribution in [0.2, 0.25) is 0 Å². The third kappa shape index (κ3) is 4.86. The maximum Gasteiger partial charge on any atom is 0.0645 e. The Kier molecular flexibility index (Phi) is 4.69. The van der Waals surface area contributed by atoms with Crippen LogP contribution >= 0.6 is 0 Å². The topological polar surface area (TPSA) is 14.8 Å². The fourth-order valence-corrected chi connectivity index (χ4v) is 8.40. The van der Waals surface area contributed by atoms with Crippen LogP contribution < -0.4 is 0 Å². The summed E-state index contributed by atoms with van der Waals surface area (Å²) in [7, 11) is 0. The van der Waals surface area contributed by atoms with Crippen molar-refractivity contribution in [1.82, 2.24) is 13.7 Å². The molecule has 0 aliphatic carbocycles. The molecule has 12 rings (SSSR count). The van der Waals surface area contributed by atoms with Crippen molar-refractivity contribution in [1.29, 1.82) is 0 Å². The molecule has 3 heteroatoms. The molecule has 0 amide bonds. The summed E-state index contributed by atoms with van der Waals surface area (Å²) < 4.78 is 121. The molecular weight excluding hydrogens is 691 g/mol. The molecule has 12 aromatic rings. The van der Waals surface area contributed by atoms with Crippen LogP contribution in [0.4, 0.5) is 0 Å². The lowest BCUT2D eigenvalue weighted by molar-refractivity contribution is 1.15. The van der Waals surface area contributed by atoms with E-state index in [0.29, 0.717) is 11.0 Å². The van der Waals surface area contributed by atoms with Gasteiger partial charge in [0.1, 0.15) is 0 Å². The molecule has 0 unspecified atom stereocenters. The Bertz CT molecular complexity index is 4160. The number of para-hydroxylation sites is 4. The van der Waals surface area contributed by atoms with E-state index in [2.05, 4.69) is 88.0 Å². The van der Waals surface area contributed by atoms with Crippen molar-refractivity contribution in [3.8, 4) is 39.3 Å². The molecule has 3 aromatic heterocycles. The maximum atomic E-state index is 9.54. The first-order valence-corrected chi connectivity index (χ1v) is 18.5. The first kappa shape index (κ1) is 21.5. The van der Waals surface area contributed by atoms with Crippen LogP contribution in [0.25, 0.3) is 105 Å². The van der Waals surface area contributed by atoms with Crippen LogP contribution in [0.3, 0.4) is 0 Å². The smallest absolute Gasteiger partial charge is 0.0645 e. The molecule has 266 valence electrons. The second kappa shape index (κ2) is 12.5. The zero-order valence-electron chi connectivity index (χ0n) is 43.0. The molecule has 0 saturated carbocycles. The minimum Gasteiger partial charge on any atom is -0.309 e. The zero-order valence-corrected chi connectivity index (χ0v) is 30.0. The predicted octanol–water partition coefficient (Wildman–Crippen LogP) is 14.3. The number of benzene rings is 9. The summed E-state index contributed by atoms with van der Waals surface area (Å²) in [4.78, 5) is 0. The summed E-state index contributed by atoms with van der Waals surface area (Å²) >= 11 is 0. The lowest BCUT2D eigenvalue weighted by atomic mass is 10.0. The number of hydrogen-bond donors (Lipinski definition) is 0. The highest BCUT2D eigenvalue weighted by atomic mass is 15.0. The van der Waals surface area contributed by atoms with Crippen LogP contribution in [-0.2, 0) is 0 Å². The highest BCUT2D eigenvalue weighted by Crippen LogP contribution is 2.39. The lowest BCUT2D eigenvalue weighted by Gasteiger charge is -2.12. The molecule has 0 atom stereocenters. The molecule has 57 heavy (non-hydrogen) atoms. The van der Waals surface area contributed by atoms with Gasteiger partial charge in [0.25, 0.3) is 0 Å². The summed E-state index contributed by atoms with van der Waals surface area (Å²) in [6.07, 6.45) is 0. The highest BCUT2D eigenvalue weighted by molar-refractivity contribution is 6.13. The Balaban J connectivity index is 1.06. The van der Waals surface area contributed by atoms with E-state index in [1.165, 1.54) is 0 Å². The zero-order chi connectivity index (χ0) is 48.8. The Morgan fingerprint density at radius 3 is 1.16 bits per heavy atom. The molecule has 3 heterocycles. The van der Waals surface area contributed by atoms with Gasteiger partial charge in [0.05, 0.1) is 50.9 Å². The minimum atomic E-state index is -0.765. The van der Waals surface area contributed by atoms with E-state index >= 15 is 0 Å². The molecule has 0 radical (unpaired) electrons. The van der Waals surface area contributed by atoms with Gasteiger partial charge in [-0.15, -0.1) is 0 Å². The third-order valence-electron chi connectivity index (χ3n) is 10.9. The SMILES string of the molecule is [2H]c1c([2H])c([2H])c(-c2c([2H])c([2H])c(-c3c([2H])c([2H])c(-n4c5ccccc5c5ccc(-n6c7ccccc7c7cc(-n8c9ccccc9c9ccccc98)ccc76)cc54)c([2H])c3[2H])c([2H])c2[2H])c([2H])c1[2H]. The lowest BCUT2D eigenvalue weighted by Crippen LogP contribution is -1.97. The van der Waals surface area contributed by atoms with Crippen LogP contribution in [0.5, 0.6) is 0 Å². The standard InChI is InChI=1S/C54H35N3/c1-2-12-36(13-3-1)37-22-24-38(25-23-37)39-26-28-40(29-27-39)55-49-18-8-6-16-45(49)47-32-30-42(35-54(47)55)57-52-21-11-7-17-46(52)48-34-41(31-33-53(48)57)56-50-19-9-4-14-43(50)44-15-5-10-20-51(44)56/h1-35H/i1D,2D,3D,12D,13D,22D,23D,24D,25D,26D,27D,28D,29D. The van der Waals surface area contributed by atoms with Gasteiger partial charge in [-0.2, -0.15) is 0 Å². The monoisotopic (exact) mass is 738 g/mol. The van der Waals surface area contributed by atoms with Gasteiger partial charge in [0.2, 0.25) is 0 Å². The Labute approximate surface area is 347 Å². The molecule has 0 aliphatic rings. The molecule has 0 N–H and O–H groups in total. The van der Waals surface area contributed by atoms with Crippen molar-refractivity contribution in [3.05, 3.63) is 212 Å². The van der Waals surface area contributed by atoms with Gasteiger partial charge in [0, 0.05) is 49.4 Å². The fourth-order valence-electron chi connectivity index (χ4n) is 8.40. The average molecular weight is 739 g/mol. The van der Waals surface area contributed by atoms with Crippen LogP contribution in [0.15, 0.2) is 212 Å². The highest BCUT2D eigenvalue weighted by Gasteiger charge is 2.18. The van der Waals surface area contributed by atoms with Gasteiger partial charge < -0.3 is 13.7 Å². The van der Waals surface area contributed by atoms with E-state index in [1.807, 2.05) is 54.6 Å². The van der Waals surface area contributed by atoms with Crippen molar-refractivity contribution >= 4 is 65.4 Å². The van der Waals surface area contributed by atoms with Crippen molar-refractivity contribution in [3.63, 3.8) is 0 Å². The summed E-state index contributed by atoms with van der Waals surface area (Å²) in [5.41, 5.74) is 4.91. The quantitative estimate of drug-likeness (QED) is 0.167. The first-order chi connectivity index (χ1) is 33.7. The summed E-state index contributed by atoms with van der Waals surface area (Å²) in [5, 5.41) is 5.98. The Hall–Kier alpha value is -7.62. The van der Waals surface area contributed by atoms with Gasteiger partial charge in [-0.05, 0) is 88.9 Å². The van der Waals surface area contributed by atoms with Crippen LogP contribution in [-0.4, -0.2) is 13.7 Å². The van der Waals surface area contributed by atoms with E-state index in [4.69, 9.17) is 12.3 Å². The third-order valence-corrected chi connectivity index (χ3v) is 10.9. The van der Waals surface area contributed by atoms with Crippen molar-refractivity contribution in [2.75, 3.05) is 0 Å². The second-order valence-corrected chi connectivity index (χ2v) is 14.0. The van der Waals surface area contributed by atoms with Gasteiger partial charge in [-0.1, -0.05) is 145 Å². The van der Waals surface area contributed by atoms with Gasteiger partial charge in [-0.3, -0.25) is 0 Å². The molecule has 0 aliphatic heterocycles. The minimum absolute atomic E-state index is 0.0915. The number of aromatic nitrogens is 3. The summed E-state index contributed by atoms with van der Waals surface area (Å²) in [5.74, 6) is 0. The van der Waals surface area contributed by atoms with Crippen molar-refractivity contribution < 1.29 is 17.8 Å². The average Bonchev–Trinajstić information content (AvgIpc) is 4.01. The summed E-state index contributed by atoms with van der Waals surface area (Å²) in [6.45, 7) is 0. The first-order valence-electron chi connectivity index (χ1n) is 25.0. The van der Waals surface area contributed by atoms with E-state index in [9.17, 15) is 5.48 Å². The second-order valence-electron chi connectivity index (χ2n) is 14.0. The van der Waals surface area contributed by atoms with Gasteiger partial charge in [0.15, 0.2) is 0 Å². The molecular formula is C54H35N3. The van der Waals surface area contributed by atoms with Gasteiger partial charge in [-0.25, -0.2) is 0 Å². The molecule has 0 spiro atoms. The van der Waals surface area contributed by atoms with Gasteiger partial charge >= 0.3 is 0 Å². The largest absolute Gasteiger partial charge is 0.309 e. The molecule has 0 bridgehead atoms. The summed E-state index contributed by atoms with van der Waals surface area (Å²) in [6, 6.07) is 36.1. The van der Waals surface area contributed by atoms with E-state index < -0.39 is 101 Å². The van der Waals surface area contributed by atoms with E-state index in [0.717, 1.165) is 65.8 Å². The maximum absolute atomic E-state index is 9.54. The van der Waals surface area contributed by atoms with Crippen LogP contribution in [0, 0.1) is 0 Å². The normalized spacial score (nSPS) is 15.1. The molecule has 0 saturated heterocycles. The number of fused-ring (bicyclic) bond motifs is 9. The molecule has 0 fully saturated rings. The predicted molar refractivity (Wildman–Crippen MR) is 240 cm³/mol. The van der Waals surface area contributed by atoms with E-state index in [-0.39, 0.29) is 5.69 Å². The van der Waals surface area contributed by atoms with Crippen LogP contribution in [0.1, 0.15) is 17.8 Å². The molecule has 9 aromatic carbocycles. The van der Waals surface area contributed by atoms with Crippen molar-refractivity contribution in [2.24, 2.45) is 0 Å². The van der Waals surface area contributed by atoms with Crippen molar-refractivity contribution in [2.45, 2.75) is 0 Å². The molecule has 3 nitrogen and oxygen atoms in total. The number of rotatable bonds is 5.